The molecule has 3 aromatic rings. The van der Waals surface area contributed by atoms with E-state index in [0.717, 1.165) is 0 Å². The molecule has 162 valence electrons. The third-order valence-electron chi connectivity index (χ3n) is 4.41. The molecule has 0 saturated carbocycles. The predicted molar refractivity (Wildman–Crippen MR) is 121 cm³/mol. The first kappa shape index (κ1) is 22.6. The lowest BCUT2D eigenvalue weighted by Crippen LogP contribution is -2.28. The number of hydrogen-bond acceptors (Lipinski definition) is 6. The van der Waals surface area contributed by atoms with Crippen LogP contribution in [0.3, 0.4) is 0 Å². The third kappa shape index (κ3) is 5.77. The Bertz CT molecular complexity index is 1090. The van der Waals surface area contributed by atoms with Crippen LogP contribution >= 0.6 is 23.4 Å². The summed E-state index contributed by atoms with van der Waals surface area (Å²) in [4.78, 5) is 24.8. The molecule has 1 heterocycles. The molecule has 0 aliphatic rings. The summed E-state index contributed by atoms with van der Waals surface area (Å²) in [5.74, 6) is 0.909. The maximum absolute atomic E-state index is 12.5. The number of carbonyl (C=O) groups is 2. The first-order valence-corrected chi connectivity index (χ1v) is 10.8. The van der Waals surface area contributed by atoms with Gasteiger partial charge >= 0.3 is 0 Å². The van der Waals surface area contributed by atoms with Gasteiger partial charge in [-0.1, -0.05) is 41.6 Å². The second-order valence-electron chi connectivity index (χ2n) is 6.64. The Hall–Kier alpha value is -3.04. The fourth-order valence-electron chi connectivity index (χ4n) is 2.84. The van der Waals surface area contributed by atoms with Gasteiger partial charge in [-0.05, 0) is 31.2 Å². The highest BCUT2D eigenvalue weighted by Crippen LogP contribution is 2.22. The molecule has 31 heavy (non-hydrogen) atoms. The van der Waals surface area contributed by atoms with Crippen molar-refractivity contribution in [2.24, 2.45) is 7.05 Å². The summed E-state index contributed by atoms with van der Waals surface area (Å²) in [6.07, 6.45) is 0. The number of nitrogens with one attached hydrogen (secondary N) is 2. The Morgan fingerprint density at radius 2 is 1.97 bits per heavy atom. The van der Waals surface area contributed by atoms with Crippen LogP contribution in [0.1, 0.15) is 29.1 Å². The monoisotopic (exact) mass is 459 g/mol. The lowest BCUT2D eigenvalue weighted by atomic mass is 10.2. The van der Waals surface area contributed by atoms with Gasteiger partial charge in [-0.3, -0.25) is 9.59 Å². The van der Waals surface area contributed by atoms with Crippen molar-refractivity contribution in [1.29, 1.82) is 0 Å². The number of aromatic nitrogens is 3. The van der Waals surface area contributed by atoms with Crippen molar-refractivity contribution in [3.8, 4) is 5.75 Å². The summed E-state index contributed by atoms with van der Waals surface area (Å²) < 4.78 is 6.90. The predicted octanol–water partition coefficient (Wildman–Crippen LogP) is 3.70. The van der Waals surface area contributed by atoms with Gasteiger partial charge in [0, 0.05) is 18.8 Å². The number of carbonyl (C=O) groups excluding carboxylic acids is 2. The molecule has 0 bridgehead atoms. The summed E-state index contributed by atoms with van der Waals surface area (Å²) in [5.41, 5.74) is 1.04. The zero-order valence-corrected chi connectivity index (χ0v) is 18.8. The van der Waals surface area contributed by atoms with Gasteiger partial charge in [-0.2, -0.15) is 0 Å². The van der Waals surface area contributed by atoms with Gasteiger partial charge in [0.25, 0.3) is 5.91 Å². The minimum atomic E-state index is -0.402. The Kier molecular flexibility index (Phi) is 7.54. The van der Waals surface area contributed by atoms with E-state index >= 15 is 0 Å². The second-order valence-corrected chi connectivity index (χ2v) is 7.99. The van der Waals surface area contributed by atoms with E-state index in [1.165, 1.54) is 11.8 Å². The van der Waals surface area contributed by atoms with Crippen LogP contribution in [0.25, 0.3) is 0 Å². The van der Waals surface area contributed by atoms with Crippen LogP contribution < -0.4 is 15.4 Å². The first-order valence-electron chi connectivity index (χ1n) is 9.40. The summed E-state index contributed by atoms with van der Waals surface area (Å²) >= 11 is 7.34. The van der Waals surface area contributed by atoms with Crippen molar-refractivity contribution in [3.05, 3.63) is 64.9 Å². The van der Waals surface area contributed by atoms with Crippen molar-refractivity contribution in [2.45, 2.75) is 18.1 Å². The van der Waals surface area contributed by atoms with Crippen LogP contribution in [0.15, 0.2) is 53.7 Å². The highest BCUT2D eigenvalue weighted by molar-refractivity contribution is 7.99. The smallest absolute Gasteiger partial charge is 0.253 e. The Morgan fingerprint density at radius 3 is 2.71 bits per heavy atom. The zero-order valence-electron chi connectivity index (χ0n) is 17.3. The van der Waals surface area contributed by atoms with E-state index in [1.54, 1.807) is 67.3 Å². The third-order valence-corrected chi connectivity index (χ3v) is 5.76. The van der Waals surface area contributed by atoms with Gasteiger partial charge in [0.2, 0.25) is 5.91 Å². The summed E-state index contributed by atoms with van der Waals surface area (Å²) in [7, 11) is 3.36. The van der Waals surface area contributed by atoms with Crippen LogP contribution in [0.2, 0.25) is 5.02 Å². The van der Waals surface area contributed by atoms with Crippen LogP contribution in [0.5, 0.6) is 5.75 Å². The largest absolute Gasteiger partial charge is 0.497 e. The number of benzene rings is 2. The summed E-state index contributed by atoms with van der Waals surface area (Å²) in [5, 5.41) is 14.9. The van der Waals surface area contributed by atoms with E-state index in [0.29, 0.717) is 33.0 Å². The standard InChI is InChI=1S/C21H22ClN5O3S/c1-13(23-20(29)16-9-4-5-10-17(16)22)19-25-26-21(27(19)2)31-12-18(28)24-14-7-6-8-15(11-14)30-3/h4-11,13H,12H2,1-3H3,(H,23,29)(H,24,28)/t13-/m0/s1. The molecule has 2 N–H and O–H groups in total. The molecule has 0 spiro atoms. The normalized spacial score (nSPS) is 11.6. The molecule has 2 aromatic carbocycles. The van der Waals surface area contributed by atoms with Crippen LogP contribution in [0.4, 0.5) is 5.69 Å². The van der Waals surface area contributed by atoms with E-state index in [-0.39, 0.29) is 17.6 Å². The van der Waals surface area contributed by atoms with Gasteiger partial charge in [-0.25, -0.2) is 0 Å². The van der Waals surface area contributed by atoms with E-state index < -0.39 is 6.04 Å². The average molecular weight is 460 g/mol. The Morgan fingerprint density at radius 1 is 1.19 bits per heavy atom. The maximum Gasteiger partial charge on any atom is 0.253 e. The number of amides is 2. The first-order chi connectivity index (χ1) is 14.9. The van der Waals surface area contributed by atoms with Gasteiger partial charge in [0.15, 0.2) is 11.0 Å². The SMILES string of the molecule is COc1cccc(NC(=O)CSc2nnc([C@H](C)NC(=O)c3ccccc3Cl)n2C)c1. The Labute approximate surface area is 189 Å². The Balaban J connectivity index is 1.58. The quantitative estimate of drug-likeness (QED) is 0.498. The summed E-state index contributed by atoms with van der Waals surface area (Å²) in [6.45, 7) is 1.81. The minimum Gasteiger partial charge on any atom is -0.497 e. The summed E-state index contributed by atoms with van der Waals surface area (Å²) in [6, 6.07) is 13.6. The average Bonchev–Trinajstić information content (AvgIpc) is 3.13. The molecule has 2 amide bonds. The molecule has 0 saturated heterocycles. The lowest BCUT2D eigenvalue weighted by molar-refractivity contribution is -0.113. The minimum absolute atomic E-state index is 0.156. The number of hydrogen-bond donors (Lipinski definition) is 2. The number of rotatable bonds is 8. The lowest BCUT2D eigenvalue weighted by Gasteiger charge is -2.14. The number of thioether (sulfide) groups is 1. The van der Waals surface area contributed by atoms with Gasteiger partial charge in [0.05, 0.1) is 29.5 Å². The number of methoxy groups -OCH3 is 1. The van der Waals surface area contributed by atoms with Gasteiger partial charge in [-0.15, -0.1) is 10.2 Å². The van der Waals surface area contributed by atoms with Crippen molar-refractivity contribution < 1.29 is 14.3 Å². The number of nitrogens with zero attached hydrogens (tertiary/aromatic N) is 3. The molecule has 0 unspecified atom stereocenters. The molecule has 8 nitrogen and oxygen atoms in total. The zero-order chi connectivity index (χ0) is 22.4. The molecule has 1 atom stereocenters. The van der Waals surface area contributed by atoms with Crippen LogP contribution in [-0.4, -0.2) is 39.4 Å². The molecule has 3 rings (SSSR count). The van der Waals surface area contributed by atoms with Crippen LogP contribution in [0, 0.1) is 0 Å². The van der Waals surface area contributed by atoms with Crippen molar-refractivity contribution in [3.63, 3.8) is 0 Å². The molecule has 0 radical (unpaired) electrons. The van der Waals surface area contributed by atoms with Crippen molar-refractivity contribution in [2.75, 3.05) is 18.2 Å². The van der Waals surface area contributed by atoms with Crippen molar-refractivity contribution >= 4 is 40.9 Å². The highest BCUT2D eigenvalue weighted by Gasteiger charge is 2.20. The molecule has 0 aliphatic heterocycles. The van der Waals surface area contributed by atoms with E-state index in [4.69, 9.17) is 16.3 Å². The van der Waals surface area contributed by atoms with Gasteiger partial charge < -0.3 is 19.9 Å². The number of anilines is 1. The molecule has 0 aliphatic carbocycles. The molecule has 1 aromatic heterocycles. The van der Waals surface area contributed by atoms with Crippen LogP contribution in [-0.2, 0) is 11.8 Å². The number of ether oxygens (including phenoxy) is 1. The van der Waals surface area contributed by atoms with E-state index in [1.807, 2.05) is 6.92 Å². The molecular formula is C21H22ClN5O3S. The topological polar surface area (TPSA) is 98.1 Å². The fraction of sp³-hybridized carbons (Fsp3) is 0.238. The number of halogens is 1. The molecule has 0 fully saturated rings. The van der Waals surface area contributed by atoms with E-state index in [2.05, 4.69) is 20.8 Å². The maximum atomic E-state index is 12.5. The van der Waals surface area contributed by atoms with Gasteiger partial charge in [0.1, 0.15) is 5.75 Å². The van der Waals surface area contributed by atoms with E-state index in [9.17, 15) is 9.59 Å². The second kappa shape index (κ2) is 10.3. The highest BCUT2D eigenvalue weighted by atomic mass is 35.5. The molecular weight excluding hydrogens is 438 g/mol. The fourth-order valence-corrected chi connectivity index (χ4v) is 3.78. The molecule has 10 heteroatoms. The van der Waals surface area contributed by atoms with Crippen molar-refractivity contribution in [1.82, 2.24) is 20.1 Å².